The van der Waals surface area contributed by atoms with Crippen LogP contribution in [-0.2, 0) is 17.8 Å². The predicted molar refractivity (Wildman–Crippen MR) is 99.4 cm³/mol. The molecule has 0 bridgehead atoms. The van der Waals surface area contributed by atoms with Crippen molar-refractivity contribution in [1.29, 1.82) is 0 Å². The SMILES string of the molecule is Cc1cc(C)n(CC(=O)NC[C@H]2CCN(CCc3ccccc3)C2)n1. The summed E-state index contributed by atoms with van der Waals surface area (Å²) in [6.07, 6.45) is 2.26. The highest BCUT2D eigenvalue weighted by Crippen LogP contribution is 2.16. The molecule has 3 rings (SSSR count). The number of hydrogen-bond donors (Lipinski definition) is 1. The van der Waals surface area contributed by atoms with Gasteiger partial charge in [-0.3, -0.25) is 9.48 Å². The minimum atomic E-state index is 0.0499. The first-order valence-electron chi connectivity index (χ1n) is 9.14. The molecule has 1 fully saturated rings. The van der Waals surface area contributed by atoms with Crippen LogP contribution in [0.2, 0.25) is 0 Å². The van der Waals surface area contributed by atoms with Gasteiger partial charge in [0.1, 0.15) is 6.54 Å². The highest BCUT2D eigenvalue weighted by molar-refractivity contribution is 5.75. The summed E-state index contributed by atoms with van der Waals surface area (Å²) in [5, 5.41) is 7.42. The first-order valence-corrected chi connectivity index (χ1v) is 9.14. The fourth-order valence-electron chi connectivity index (χ4n) is 3.50. The zero-order valence-electron chi connectivity index (χ0n) is 15.2. The molecule has 1 aromatic heterocycles. The van der Waals surface area contributed by atoms with Crippen molar-refractivity contribution in [3.8, 4) is 0 Å². The molecule has 0 spiro atoms. The van der Waals surface area contributed by atoms with Crippen molar-refractivity contribution in [1.82, 2.24) is 20.0 Å². The molecule has 1 amide bonds. The van der Waals surface area contributed by atoms with Gasteiger partial charge in [0.25, 0.3) is 0 Å². The number of carbonyl (C=O) groups excluding carboxylic acids is 1. The number of carbonyl (C=O) groups is 1. The van der Waals surface area contributed by atoms with E-state index in [9.17, 15) is 4.79 Å². The molecule has 134 valence electrons. The summed E-state index contributed by atoms with van der Waals surface area (Å²) in [5.74, 6) is 0.606. The van der Waals surface area contributed by atoms with Crippen molar-refractivity contribution in [2.45, 2.75) is 33.2 Å². The van der Waals surface area contributed by atoms with E-state index in [1.165, 1.54) is 5.56 Å². The molecule has 1 aliphatic heterocycles. The highest BCUT2D eigenvalue weighted by Gasteiger charge is 2.22. The van der Waals surface area contributed by atoms with E-state index in [4.69, 9.17) is 0 Å². The molecule has 1 aromatic carbocycles. The van der Waals surface area contributed by atoms with Crippen LogP contribution in [0.1, 0.15) is 23.4 Å². The molecule has 25 heavy (non-hydrogen) atoms. The van der Waals surface area contributed by atoms with Gasteiger partial charge in [-0.05, 0) is 50.8 Å². The molecule has 0 aliphatic carbocycles. The summed E-state index contributed by atoms with van der Waals surface area (Å²) in [4.78, 5) is 14.6. The average molecular weight is 340 g/mol. The zero-order valence-corrected chi connectivity index (χ0v) is 15.2. The van der Waals surface area contributed by atoms with Gasteiger partial charge in [0.2, 0.25) is 5.91 Å². The van der Waals surface area contributed by atoms with Crippen molar-refractivity contribution in [3.05, 3.63) is 53.3 Å². The molecule has 1 aliphatic rings. The van der Waals surface area contributed by atoms with Gasteiger partial charge >= 0.3 is 0 Å². The van der Waals surface area contributed by atoms with Crippen molar-refractivity contribution in [2.24, 2.45) is 5.92 Å². The topological polar surface area (TPSA) is 50.2 Å². The van der Waals surface area contributed by atoms with Gasteiger partial charge in [-0.1, -0.05) is 30.3 Å². The van der Waals surface area contributed by atoms with Gasteiger partial charge in [-0.25, -0.2) is 0 Å². The van der Waals surface area contributed by atoms with Crippen LogP contribution in [0.5, 0.6) is 0 Å². The Morgan fingerprint density at radius 2 is 2.08 bits per heavy atom. The normalized spacial score (nSPS) is 17.8. The highest BCUT2D eigenvalue weighted by atomic mass is 16.2. The monoisotopic (exact) mass is 340 g/mol. The fraction of sp³-hybridized carbons (Fsp3) is 0.500. The van der Waals surface area contributed by atoms with Crippen molar-refractivity contribution >= 4 is 5.91 Å². The molecule has 0 radical (unpaired) electrons. The second-order valence-corrected chi connectivity index (χ2v) is 7.08. The molecule has 2 heterocycles. The Morgan fingerprint density at radius 3 is 2.80 bits per heavy atom. The summed E-state index contributed by atoms with van der Waals surface area (Å²) in [7, 11) is 0. The zero-order chi connectivity index (χ0) is 17.6. The van der Waals surface area contributed by atoms with E-state index in [2.05, 4.69) is 45.6 Å². The second kappa shape index (κ2) is 8.30. The third-order valence-corrected chi connectivity index (χ3v) is 4.91. The number of rotatable bonds is 7. The standard InChI is InChI=1S/C20H28N4O/c1-16-12-17(2)24(22-16)15-20(25)21-13-19-9-11-23(14-19)10-8-18-6-4-3-5-7-18/h3-7,12,19H,8-11,13-15H2,1-2H3,(H,21,25)/t19-/m1/s1. The molecule has 5 heteroatoms. The van der Waals surface area contributed by atoms with Gasteiger partial charge in [0.05, 0.1) is 5.69 Å². The minimum Gasteiger partial charge on any atom is -0.354 e. The van der Waals surface area contributed by atoms with Crippen LogP contribution in [0, 0.1) is 19.8 Å². The Hall–Kier alpha value is -2.14. The van der Waals surface area contributed by atoms with E-state index in [0.717, 1.165) is 50.4 Å². The first-order chi connectivity index (χ1) is 12.1. The number of aromatic nitrogens is 2. The Bertz CT molecular complexity index is 695. The molecule has 1 N–H and O–H groups in total. The molecule has 2 aromatic rings. The lowest BCUT2D eigenvalue weighted by Gasteiger charge is -2.16. The lowest BCUT2D eigenvalue weighted by atomic mass is 10.1. The summed E-state index contributed by atoms with van der Waals surface area (Å²) in [5.41, 5.74) is 3.37. The summed E-state index contributed by atoms with van der Waals surface area (Å²) in [6.45, 7) is 8.31. The Kier molecular flexibility index (Phi) is 5.87. The van der Waals surface area contributed by atoms with E-state index in [1.807, 2.05) is 19.9 Å². The predicted octanol–water partition coefficient (Wildman–Crippen LogP) is 2.18. The van der Waals surface area contributed by atoms with E-state index in [1.54, 1.807) is 4.68 Å². The van der Waals surface area contributed by atoms with Gasteiger partial charge in [-0.2, -0.15) is 5.10 Å². The van der Waals surface area contributed by atoms with E-state index in [-0.39, 0.29) is 5.91 Å². The maximum absolute atomic E-state index is 12.1. The largest absolute Gasteiger partial charge is 0.354 e. The van der Waals surface area contributed by atoms with Crippen LogP contribution in [0.4, 0.5) is 0 Å². The van der Waals surface area contributed by atoms with E-state index in [0.29, 0.717) is 12.5 Å². The first kappa shape index (κ1) is 17.7. The Labute approximate surface area is 150 Å². The molecule has 1 atom stereocenters. The molecule has 0 unspecified atom stereocenters. The van der Waals surface area contributed by atoms with Crippen LogP contribution < -0.4 is 5.32 Å². The molecule has 0 saturated carbocycles. The van der Waals surface area contributed by atoms with E-state index < -0.39 is 0 Å². The molecule has 5 nitrogen and oxygen atoms in total. The number of amides is 1. The summed E-state index contributed by atoms with van der Waals surface area (Å²) < 4.78 is 1.77. The third kappa shape index (κ3) is 5.16. The van der Waals surface area contributed by atoms with Gasteiger partial charge < -0.3 is 10.2 Å². The maximum atomic E-state index is 12.1. The molecular weight excluding hydrogens is 312 g/mol. The van der Waals surface area contributed by atoms with Gasteiger partial charge in [0.15, 0.2) is 0 Å². The maximum Gasteiger partial charge on any atom is 0.241 e. The Morgan fingerprint density at radius 1 is 1.28 bits per heavy atom. The number of likely N-dealkylation sites (tertiary alicyclic amines) is 1. The van der Waals surface area contributed by atoms with Crippen LogP contribution >= 0.6 is 0 Å². The van der Waals surface area contributed by atoms with Crippen LogP contribution in [0.15, 0.2) is 36.4 Å². The van der Waals surface area contributed by atoms with Gasteiger partial charge in [-0.15, -0.1) is 0 Å². The van der Waals surface area contributed by atoms with Crippen LogP contribution in [-0.4, -0.2) is 46.8 Å². The van der Waals surface area contributed by atoms with Crippen molar-refractivity contribution < 1.29 is 4.79 Å². The molecule has 1 saturated heterocycles. The minimum absolute atomic E-state index is 0.0499. The van der Waals surface area contributed by atoms with E-state index >= 15 is 0 Å². The summed E-state index contributed by atoms with van der Waals surface area (Å²) in [6, 6.07) is 12.6. The average Bonchev–Trinajstić information content (AvgIpc) is 3.18. The van der Waals surface area contributed by atoms with Gasteiger partial charge in [0, 0.05) is 25.3 Å². The number of aryl methyl sites for hydroxylation is 2. The van der Waals surface area contributed by atoms with Crippen molar-refractivity contribution in [2.75, 3.05) is 26.2 Å². The number of nitrogens with one attached hydrogen (secondary N) is 1. The molecular formula is C20H28N4O. The van der Waals surface area contributed by atoms with Crippen LogP contribution in [0.3, 0.4) is 0 Å². The number of benzene rings is 1. The lowest BCUT2D eigenvalue weighted by Crippen LogP contribution is -2.34. The number of nitrogens with zero attached hydrogens (tertiary/aromatic N) is 3. The fourth-order valence-corrected chi connectivity index (χ4v) is 3.50. The van der Waals surface area contributed by atoms with Crippen molar-refractivity contribution in [3.63, 3.8) is 0 Å². The second-order valence-electron chi connectivity index (χ2n) is 7.08. The smallest absolute Gasteiger partial charge is 0.241 e. The summed E-state index contributed by atoms with van der Waals surface area (Å²) >= 11 is 0. The van der Waals surface area contributed by atoms with Crippen LogP contribution in [0.25, 0.3) is 0 Å². The number of hydrogen-bond acceptors (Lipinski definition) is 3. The third-order valence-electron chi connectivity index (χ3n) is 4.91. The Balaban J connectivity index is 1.36. The lowest BCUT2D eigenvalue weighted by molar-refractivity contribution is -0.122. The quantitative estimate of drug-likeness (QED) is 0.840.